The van der Waals surface area contributed by atoms with Crippen LogP contribution in [0.3, 0.4) is 0 Å². The van der Waals surface area contributed by atoms with Gasteiger partial charge in [0.2, 0.25) is 0 Å². The molecule has 0 amide bonds. The van der Waals surface area contributed by atoms with E-state index in [0.717, 1.165) is 10.0 Å². The average Bonchev–Trinajstić information content (AvgIpc) is 2.31. The van der Waals surface area contributed by atoms with Crippen LogP contribution in [0.2, 0.25) is 5.02 Å². The highest BCUT2D eigenvalue weighted by atomic mass is 79.9. The summed E-state index contributed by atoms with van der Waals surface area (Å²) in [7, 11) is 0. The van der Waals surface area contributed by atoms with Crippen LogP contribution in [0.25, 0.3) is 0 Å². The summed E-state index contributed by atoms with van der Waals surface area (Å²) in [5, 5.41) is 0.591. The third-order valence-electron chi connectivity index (χ3n) is 2.50. The predicted molar refractivity (Wildman–Crippen MR) is 71.6 cm³/mol. The number of hydrogen-bond donors (Lipinski definition) is 1. The SMILES string of the molecule is NC(c1cccc(Cl)c1)c1cc(Br)ccc1F. The molecule has 0 aliphatic rings. The first-order chi connectivity index (χ1) is 8.08. The lowest BCUT2D eigenvalue weighted by atomic mass is 9.99. The number of halogens is 3. The van der Waals surface area contributed by atoms with Crippen LogP contribution < -0.4 is 5.73 Å². The first kappa shape index (κ1) is 12.6. The molecule has 0 spiro atoms. The van der Waals surface area contributed by atoms with Gasteiger partial charge in [0.25, 0.3) is 0 Å². The Morgan fingerprint density at radius 2 is 1.94 bits per heavy atom. The third-order valence-corrected chi connectivity index (χ3v) is 3.23. The topological polar surface area (TPSA) is 26.0 Å². The molecule has 1 nitrogen and oxygen atoms in total. The quantitative estimate of drug-likeness (QED) is 0.879. The lowest BCUT2D eigenvalue weighted by Crippen LogP contribution is -2.13. The minimum absolute atomic E-state index is 0.319. The lowest BCUT2D eigenvalue weighted by molar-refractivity contribution is 0.599. The van der Waals surface area contributed by atoms with Crippen molar-refractivity contribution >= 4 is 27.5 Å². The van der Waals surface area contributed by atoms with Gasteiger partial charge in [0.15, 0.2) is 0 Å². The molecule has 0 radical (unpaired) electrons. The Morgan fingerprint density at radius 1 is 1.18 bits per heavy atom. The summed E-state index contributed by atoms with van der Waals surface area (Å²) in [6.07, 6.45) is 0. The van der Waals surface area contributed by atoms with Gasteiger partial charge in [-0.15, -0.1) is 0 Å². The minimum Gasteiger partial charge on any atom is -0.320 e. The summed E-state index contributed by atoms with van der Waals surface area (Å²) in [6.45, 7) is 0. The highest BCUT2D eigenvalue weighted by Gasteiger charge is 2.14. The molecule has 2 N–H and O–H groups in total. The average molecular weight is 315 g/mol. The van der Waals surface area contributed by atoms with E-state index in [1.54, 1.807) is 30.3 Å². The molecule has 88 valence electrons. The van der Waals surface area contributed by atoms with E-state index in [4.69, 9.17) is 17.3 Å². The van der Waals surface area contributed by atoms with E-state index in [9.17, 15) is 4.39 Å². The van der Waals surface area contributed by atoms with Gasteiger partial charge in [0, 0.05) is 15.1 Å². The second-order valence-electron chi connectivity index (χ2n) is 3.70. The van der Waals surface area contributed by atoms with Gasteiger partial charge in [-0.1, -0.05) is 39.7 Å². The van der Waals surface area contributed by atoms with Crippen molar-refractivity contribution in [2.24, 2.45) is 5.73 Å². The van der Waals surface area contributed by atoms with Gasteiger partial charge in [-0.3, -0.25) is 0 Å². The molecule has 0 aromatic heterocycles. The first-order valence-electron chi connectivity index (χ1n) is 5.04. The Labute approximate surface area is 113 Å². The molecular weight excluding hydrogens is 305 g/mol. The van der Waals surface area contributed by atoms with E-state index < -0.39 is 6.04 Å². The van der Waals surface area contributed by atoms with Gasteiger partial charge >= 0.3 is 0 Å². The van der Waals surface area contributed by atoms with E-state index in [-0.39, 0.29) is 5.82 Å². The fraction of sp³-hybridized carbons (Fsp3) is 0.0769. The normalized spacial score (nSPS) is 12.5. The third kappa shape index (κ3) is 2.86. The van der Waals surface area contributed by atoms with E-state index in [1.807, 2.05) is 6.07 Å². The largest absolute Gasteiger partial charge is 0.320 e. The molecule has 2 rings (SSSR count). The van der Waals surface area contributed by atoms with Gasteiger partial charge in [-0.25, -0.2) is 4.39 Å². The van der Waals surface area contributed by atoms with Crippen molar-refractivity contribution in [1.29, 1.82) is 0 Å². The monoisotopic (exact) mass is 313 g/mol. The van der Waals surface area contributed by atoms with Crippen LogP contribution in [0.5, 0.6) is 0 Å². The van der Waals surface area contributed by atoms with Crippen molar-refractivity contribution in [1.82, 2.24) is 0 Å². The Morgan fingerprint density at radius 3 is 2.65 bits per heavy atom. The second kappa shape index (κ2) is 5.17. The summed E-state index contributed by atoms with van der Waals surface area (Å²) in [4.78, 5) is 0. The molecule has 4 heteroatoms. The Kier molecular flexibility index (Phi) is 3.82. The molecule has 0 aliphatic carbocycles. The highest BCUT2D eigenvalue weighted by Crippen LogP contribution is 2.26. The van der Waals surface area contributed by atoms with Gasteiger partial charge in [-0.2, -0.15) is 0 Å². The molecule has 0 fully saturated rings. The predicted octanol–water partition coefficient (Wildman–Crippen LogP) is 4.29. The van der Waals surface area contributed by atoms with E-state index in [0.29, 0.717) is 10.6 Å². The van der Waals surface area contributed by atoms with Crippen LogP contribution in [-0.2, 0) is 0 Å². The maximum atomic E-state index is 13.7. The molecule has 0 aliphatic heterocycles. The lowest BCUT2D eigenvalue weighted by Gasteiger charge is -2.14. The fourth-order valence-electron chi connectivity index (χ4n) is 1.63. The van der Waals surface area contributed by atoms with Crippen molar-refractivity contribution < 1.29 is 4.39 Å². The molecule has 2 aromatic rings. The van der Waals surface area contributed by atoms with Crippen LogP contribution in [0.1, 0.15) is 17.2 Å². The first-order valence-corrected chi connectivity index (χ1v) is 6.21. The molecule has 0 saturated heterocycles. The minimum atomic E-state index is -0.522. The van der Waals surface area contributed by atoms with Gasteiger partial charge in [0.1, 0.15) is 5.82 Å². The summed E-state index contributed by atoms with van der Waals surface area (Å²) in [5.41, 5.74) is 7.27. The number of nitrogens with two attached hydrogens (primary N) is 1. The van der Waals surface area contributed by atoms with Crippen molar-refractivity contribution in [3.05, 3.63) is 68.9 Å². The number of rotatable bonds is 2. The maximum Gasteiger partial charge on any atom is 0.128 e. The standard InChI is InChI=1S/C13H10BrClFN/c14-9-4-5-12(16)11(7-9)13(17)8-2-1-3-10(15)6-8/h1-7,13H,17H2. The van der Waals surface area contributed by atoms with Crippen LogP contribution >= 0.6 is 27.5 Å². The zero-order valence-corrected chi connectivity index (χ0v) is 11.2. The van der Waals surface area contributed by atoms with E-state index >= 15 is 0 Å². The van der Waals surface area contributed by atoms with Crippen molar-refractivity contribution in [3.63, 3.8) is 0 Å². The van der Waals surface area contributed by atoms with Crippen molar-refractivity contribution in [2.75, 3.05) is 0 Å². The summed E-state index contributed by atoms with van der Waals surface area (Å²) >= 11 is 9.19. The van der Waals surface area contributed by atoms with Crippen LogP contribution in [0, 0.1) is 5.82 Å². The van der Waals surface area contributed by atoms with Crippen LogP contribution in [-0.4, -0.2) is 0 Å². The van der Waals surface area contributed by atoms with Crippen molar-refractivity contribution in [2.45, 2.75) is 6.04 Å². The molecule has 0 saturated carbocycles. The molecule has 1 atom stereocenters. The second-order valence-corrected chi connectivity index (χ2v) is 5.05. The van der Waals surface area contributed by atoms with Gasteiger partial charge < -0.3 is 5.73 Å². The summed E-state index contributed by atoms with van der Waals surface area (Å²) < 4.78 is 14.5. The molecular formula is C13H10BrClFN. The van der Waals surface area contributed by atoms with E-state index in [1.165, 1.54) is 6.07 Å². The van der Waals surface area contributed by atoms with Crippen molar-refractivity contribution in [3.8, 4) is 0 Å². The Bertz CT molecular complexity index is 545. The van der Waals surface area contributed by atoms with Crippen LogP contribution in [0.4, 0.5) is 4.39 Å². The molecule has 1 unspecified atom stereocenters. The smallest absolute Gasteiger partial charge is 0.128 e. The highest BCUT2D eigenvalue weighted by molar-refractivity contribution is 9.10. The number of benzene rings is 2. The van der Waals surface area contributed by atoms with Crippen LogP contribution in [0.15, 0.2) is 46.9 Å². The van der Waals surface area contributed by atoms with E-state index in [2.05, 4.69) is 15.9 Å². The summed E-state index contributed by atoms with van der Waals surface area (Å²) in [6, 6.07) is 11.3. The molecule has 2 aromatic carbocycles. The fourth-order valence-corrected chi connectivity index (χ4v) is 2.21. The van der Waals surface area contributed by atoms with Gasteiger partial charge in [-0.05, 0) is 35.9 Å². The molecule has 17 heavy (non-hydrogen) atoms. The Hall–Kier alpha value is -0.900. The maximum absolute atomic E-state index is 13.7. The summed E-state index contributed by atoms with van der Waals surface area (Å²) in [5.74, 6) is -0.319. The molecule has 0 bridgehead atoms. The zero-order valence-electron chi connectivity index (χ0n) is 8.83. The molecule has 0 heterocycles. The number of hydrogen-bond acceptors (Lipinski definition) is 1. The Balaban J connectivity index is 2.43. The zero-order chi connectivity index (χ0) is 12.4. The van der Waals surface area contributed by atoms with Gasteiger partial charge in [0.05, 0.1) is 6.04 Å².